The molecule has 0 heterocycles. The normalized spacial score (nSPS) is 9.95. The van der Waals surface area contributed by atoms with E-state index in [2.05, 4.69) is 21.2 Å². The molecule has 0 saturated carbocycles. The number of aliphatic carboxylic acids is 1. The third-order valence-electron chi connectivity index (χ3n) is 2.31. The van der Waals surface area contributed by atoms with Gasteiger partial charge < -0.3 is 15.2 Å². The van der Waals surface area contributed by atoms with Crippen LogP contribution in [0.1, 0.15) is 19.3 Å². The van der Waals surface area contributed by atoms with Crippen molar-refractivity contribution in [2.75, 3.05) is 13.2 Å². The number of carboxylic acid groups (broad SMARTS) is 1. The molecule has 0 aromatic heterocycles. The first-order chi connectivity index (χ1) is 9.08. The Morgan fingerprint density at radius 1 is 1.32 bits per heavy atom. The fraction of sp³-hybridized carbons (Fsp3) is 0.385. The van der Waals surface area contributed by atoms with E-state index in [9.17, 15) is 9.59 Å². The lowest BCUT2D eigenvalue weighted by Crippen LogP contribution is -2.29. The van der Waals surface area contributed by atoms with Crippen molar-refractivity contribution in [1.82, 2.24) is 5.32 Å². The summed E-state index contributed by atoms with van der Waals surface area (Å²) < 4.78 is 6.20. The number of halogens is 1. The van der Waals surface area contributed by atoms with E-state index in [-0.39, 0.29) is 18.9 Å². The minimum absolute atomic E-state index is 0.0462. The molecule has 1 amide bonds. The van der Waals surface area contributed by atoms with Crippen LogP contribution in [0.15, 0.2) is 28.7 Å². The predicted molar refractivity (Wildman–Crippen MR) is 74.1 cm³/mol. The molecule has 0 aliphatic rings. The van der Waals surface area contributed by atoms with Gasteiger partial charge in [0.1, 0.15) is 5.75 Å². The Morgan fingerprint density at radius 2 is 2.11 bits per heavy atom. The van der Waals surface area contributed by atoms with Crippen LogP contribution < -0.4 is 10.1 Å². The third kappa shape index (κ3) is 7.46. The average Bonchev–Trinajstić information content (AvgIpc) is 2.35. The van der Waals surface area contributed by atoms with Crippen LogP contribution in [0.25, 0.3) is 0 Å². The van der Waals surface area contributed by atoms with Gasteiger partial charge in [-0.3, -0.25) is 9.59 Å². The standard InChI is InChI=1S/C13H16BrNO4/c14-10-4-3-5-11(8-10)19-9-12(16)15-7-2-1-6-13(17)18/h3-5,8H,1-2,6-7,9H2,(H,15,16)(H,17,18). The van der Waals surface area contributed by atoms with Gasteiger partial charge in [0.05, 0.1) is 0 Å². The van der Waals surface area contributed by atoms with Crippen molar-refractivity contribution in [2.45, 2.75) is 19.3 Å². The van der Waals surface area contributed by atoms with E-state index in [0.29, 0.717) is 25.1 Å². The van der Waals surface area contributed by atoms with Crippen molar-refractivity contribution < 1.29 is 19.4 Å². The summed E-state index contributed by atoms with van der Waals surface area (Å²) in [6.45, 7) is 0.420. The van der Waals surface area contributed by atoms with Crippen LogP contribution in [0.3, 0.4) is 0 Å². The Hall–Kier alpha value is -1.56. The second-order valence-corrected chi connectivity index (χ2v) is 4.86. The van der Waals surface area contributed by atoms with Crippen LogP contribution in [0.5, 0.6) is 5.75 Å². The Morgan fingerprint density at radius 3 is 2.79 bits per heavy atom. The molecule has 1 aromatic carbocycles. The molecule has 0 atom stereocenters. The number of hydrogen-bond acceptors (Lipinski definition) is 3. The van der Waals surface area contributed by atoms with Gasteiger partial charge in [-0.1, -0.05) is 22.0 Å². The van der Waals surface area contributed by atoms with Crippen LogP contribution in [0.4, 0.5) is 0 Å². The summed E-state index contributed by atoms with van der Waals surface area (Å²) in [5.41, 5.74) is 0. The molecule has 1 aromatic rings. The molecule has 0 bridgehead atoms. The molecule has 0 radical (unpaired) electrons. The van der Waals surface area contributed by atoms with Crippen LogP contribution >= 0.6 is 15.9 Å². The van der Waals surface area contributed by atoms with Crippen molar-refractivity contribution in [1.29, 1.82) is 0 Å². The number of rotatable bonds is 8. The topological polar surface area (TPSA) is 75.6 Å². The molecular formula is C13H16BrNO4. The van der Waals surface area contributed by atoms with E-state index >= 15 is 0 Å². The van der Waals surface area contributed by atoms with Crippen LogP contribution in [0, 0.1) is 0 Å². The van der Waals surface area contributed by atoms with Crippen LogP contribution in [-0.4, -0.2) is 30.1 Å². The van der Waals surface area contributed by atoms with Gasteiger partial charge in [-0.15, -0.1) is 0 Å². The van der Waals surface area contributed by atoms with Gasteiger partial charge in [-0.2, -0.15) is 0 Å². The lowest BCUT2D eigenvalue weighted by atomic mass is 10.2. The maximum absolute atomic E-state index is 11.4. The summed E-state index contributed by atoms with van der Waals surface area (Å²) in [7, 11) is 0. The van der Waals surface area contributed by atoms with Gasteiger partial charge in [0.15, 0.2) is 6.61 Å². The smallest absolute Gasteiger partial charge is 0.303 e. The number of carbonyl (C=O) groups is 2. The quantitative estimate of drug-likeness (QED) is 0.717. The fourth-order valence-corrected chi connectivity index (χ4v) is 1.76. The first-order valence-corrected chi connectivity index (χ1v) is 6.74. The summed E-state index contributed by atoms with van der Waals surface area (Å²) in [5, 5.41) is 11.1. The van der Waals surface area contributed by atoms with Gasteiger partial charge in [0, 0.05) is 17.4 Å². The highest BCUT2D eigenvalue weighted by Crippen LogP contribution is 2.17. The van der Waals surface area contributed by atoms with Crippen molar-refractivity contribution in [3.63, 3.8) is 0 Å². The molecule has 6 heteroatoms. The zero-order valence-corrected chi connectivity index (χ0v) is 12.0. The highest BCUT2D eigenvalue weighted by Gasteiger charge is 2.03. The molecule has 19 heavy (non-hydrogen) atoms. The molecule has 0 aliphatic heterocycles. The summed E-state index contributed by atoms with van der Waals surface area (Å²) in [6.07, 6.45) is 1.33. The zero-order valence-electron chi connectivity index (χ0n) is 10.4. The maximum atomic E-state index is 11.4. The highest BCUT2D eigenvalue weighted by atomic mass is 79.9. The van der Waals surface area contributed by atoms with E-state index in [1.165, 1.54) is 0 Å². The Bertz CT molecular complexity index is 436. The van der Waals surface area contributed by atoms with E-state index < -0.39 is 5.97 Å². The van der Waals surface area contributed by atoms with E-state index in [1.807, 2.05) is 12.1 Å². The van der Waals surface area contributed by atoms with Gasteiger partial charge in [0.2, 0.25) is 0 Å². The number of unbranched alkanes of at least 4 members (excludes halogenated alkanes) is 1. The lowest BCUT2D eigenvalue weighted by Gasteiger charge is -2.07. The van der Waals surface area contributed by atoms with Gasteiger partial charge in [-0.05, 0) is 31.0 Å². The zero-order chi connectivity index (χ0) is 14.1. The van der Waals surface area contributed by atoms with E-state index in [4.69, 9.17) is 9.84 Å². The number of amides is 1. The summed E-state index contributed by atoms with van der Waals surface area (Å²) in [5.74, 6) is -0.407. The third-order valence-corrected chi connectivity index (χ3v) is 2.80. The number of carboxylic acids is 1. The van der Waals surface area contributed by atoms with Gasteiger partial charge in [-0.25, -0.2) is 0 Å². The molecule has 1 rings (SSSR count). The van der Waals surface area contributed by atoms with Crippen molar-refractivity contribution in [3.8, 4) is 5.75 Å². The van der Waals surface area contributed by atoms with Gasteiger partial charge >= 0.3 is 5.97 Å². The molecular weight excluding hydrogens is 314 g/mol. The van der Waals surface area contributed by atoms with Crippen molar-refractivity contribution in [3.05, 3.63) is 28.7 Å². The average molecular weight is 330 g/mol. The van der Waals surface area contributed by atoms with Crippen molar-refractivity contribution >= 4 is 27.8 Å². The predicted octanol–water partition coefficient (Wildman–Crippen LogP) is 2.20. The Kier molecular flexibility index (Phi) is 6.95. The van der Waals surface area contributed by atoms with Crippen molar-refractivity contribution in [2.24, 2.45) is 0 Å². The fourth-order valence-electron chi connectivity index (χ4n) is 1.39. The summed E-state index contributed by atoms with van der Waals surface area (Å²) >= 11 is 3.31. The number of nitrogens with one attached hydrogen (secondary N) is 1. The molecule has 104 valence electrons. The summed E-state index contributed by atoms with van der Waals surface area (Å²) in [4.78, 5) is 21.7. The molecule has 0 unspecified atom stereocenters. The number of hydrogen-bond donors (Lipinski definition) is 2. The van der Waals surface area contributed by atoms with E-state index in [1.54, 1.807) is 12.1 Å². The molecule has 0 saturated heterocycles. The van der Waals surface area contributed by atoms with Crippen LogP contribution in [0.2, 0.25) is 0 Å². The minimum atomic E-state index is -0.815. The molecule has 0 spiro atoms. The lowest BCUT2D eigenvalue weighted by molar-refractivity contribution is -0.137. The monoisotopic (exact) mass is 329 g/mol. The number of carbonyl (C=O) groups excluding carboxylic acids is 1. The minimum Gasteiger partial charge on any atom is -0.484 e. The number of ether oxygens (including phenoxy) is 1. The molecule has 5 nitrogen and oxygen atoms in total. The Labute approximate surface area is 120 Å². The first-order valence-electron chi connectivity index (χ1n) is 5.95. The molecule has 0 aliphatic carbocycles. The van der Waals surface area contributed by atoms with Gasteiger partial charge in [0.25, 0.3) is 5.91 Å². The first kappa shape index (κ1) is 15.5. The second-order valence-electron chi connectivity index (χ2n) is 3.95. The number of benzene rings is 1. The summed E-state index contributed by atoms with van der Waals surface area (Å²) in [6, 6.07) is 7.24. The largest absolute Gasteiger partial charge is 0.484 e. The highest BCUT2D eigenvalue weighted by molar-refractivity contribution is 9.10. The second kappa shape index (κ2) is 8.53. The van der Waals surface area contributed by atoms with Crippen LogP contribution in [-0.2, 0) is 9.59 Å². The van der Waals surface area contributed by atoms with E-state index in [0.717, 1.165) is 4.47 Å². The molecule has 0 fully saturated rings. The maximum Gasteiger partial charge on any atom is 0.303 e. The molecule has 2 N–H and O–H groups in total. The Balaban J connectivity index is 2.13. The SMILES string of the molecule is O=C(O)CCCCNC(=O)COc1cccc(Br)c1.